The number of benzene rings is 1. The number of hydrogen-bond donors (Lipinski definition) is 1. The normalized spacial score (nSPS) is 11.4. The first-order valence-corrected chi connectivity index (χ1v) is 8.83. The first kappa shape index (κ1) is 16.4. The van der Waals surface area contributed by atoms with E-state index in [1.54, 1.807) is 18.0 Å². The topological polar surface area (TPSA) is 73.2 Å². The van der Waals surface area contributed by atoms with Crippen molar-refractivity contribution in [1.82, 2.24) is 9.78 Å². The Morgan fingerprint density at radius 1 is 1.36 bits per heavy atom. The summed E-state index contributed by atoms with van der Waals surface area (Å²) in [4.78, 5) is 0. The number of nitrogens with one attached hydrogen (secondary N) is 1. The summed E-state index contributed by atoms with van der Waals surface area (Å²) in [6.45, 7) is 2.51. The fraction of sp³-hybridized carbons (Fsp3) is 0.400. The van der Waals surface area contributed by atoms with Gasteiger partial charge < -0.3 is 4.74 Å². The van der Waals surface area contributed by atoms with Crippen LogP contribution in [0.2, 0.25) is 0 Å². The first-order valence-electron chi connectivity index (χ1n) is 7.18. The van der Waals surface area contributed by atoms with E-state index in [1.165, 1.54) is 6.20 Å². The van der Waals surface area contributed by atoms with E-state index in [2.05, 4.69) is 9.82 Å². The molecule has 0 spiro atoms. The summed E-state index contributed by atoms with van der Waals surface area (Å²) in [5, 5.41) is 4.18. The van der Waals surface area contributed by atoms with E-state index in [0.717, 1.165) is 17.7 Å². The van der Waals surface area contributed by atoms with Crippen LogP contribution in [0.1, 0.15) is 25.3 Å². The SMILES string of the molecule is CCCCS(=O)(=O)Nc1cnn(Cc2cccc(OC)c2)c1. The second-order valence-electron chi connectivity index (χ2n) is 5.05. The number of methoxy groups -OCH3 is 1. The van der Waals surface area contributed by atoms with Crippen molar-refractivity contribution in [3.05, 3.63) is 42.2 Å². The lowest BCUT2D eigenvalue weighted by Gasteiger charge is -2.05. The Balaban J connectivity index is 2.02. The van der Waals surface area contributed by atoms with Crippen LogP contribution in [-0.4, -0.2) is 31.1 Å². The average molecular weight is 323 g/mol. The summed E-state index contributed by atoms with van der Waals surface area (Å²) in [5.74, 6) is 0.912. The number of aromatic nitrogens is 2. The van der Waals surface area contributed by atoms with Crippen molar-refractivity contribution in [2.75, 3.05) is 17.6 Å². The summed E-state index contributed by atoms with van der Waals surface area (Å²) < 4.78 is 33.1. The zero-order valence-corrected chi connectivity index (χ0v) is 13.6. The van der Waals surface area contributed by atoms with Crippen LogP contribution in [0.3, 0.4) is 0 Å². The molecule has 0 radical (unpaired) electrons. The molecule has 22 heavy (non-hydrogen) atoms. The molecule has 0 aliphatic heterocycles. The first-order chi connectivity index (χ1) is 10.5. The van der Waals surface area contributed by atoms with Gasteiger partial charge in [0.15, 0.2) is 0 Å². The molecule has 0 aliphatic carbocycles. The smallest absolute Gasteiger partial charge is 0.232 e. The molecule has 6 nitrogen and oxygen atoms in total. The highest BCUT2D eigenvalue weighted by Gasteiger charge is 2.11. The van der Waals surface area contributed by atoms with Crippen molar-refractivity contribution in [3.8, 4) is 5.75 Å². The van der Waals surface area contributed by atoms with Crippen LogP contribution in [0.15, 0.2) is 36.7 Å². The van der Waals surface area contributed by atoms with Crippen molar-refractivity contribution in [3.63, 3.8) is 0 Å². The molecule has 0 bridgehead atoms. The number of anilines is 1. The van der Waals surface area contributed by atoms with Crippen LogP contribution in [-0.2, 0) is 16.6 Å². The molecule has 120 valence electrons. The molecule has 0 saturated heterocycles. The summed E-state index contributed by atoms with van der Waals surface area (Å²) >= 11 is 0. The Kier molecular flexibility index (Phi) is 5.43. The molecule has 2 aromatic rings. The van der Waals surface area contributed by atoms with Crippen molar-refractivity contribution in [2.45, 2.75) is 26.3 Å². The number of ether oxygens (including phenoxy) is 1. The fourth-order valence-electron chi connectivity index (χ4n) is 2.03. The Hall–Kier alpha value is -2.02. The summed E-state index contributed by atoms with van der Waals surface area (Å²) in [7, 11) is -1.67. The molecule has 1 N–H and O–H groups in total. The van der Waals surface area contributed by atoms with E-state index in [-0.39, 0.29) is 5.75 Å². The van der Waals surface area contributed by atoms with Gasteiger partial charge in [-0.1, -0.05) is 25.5 Å². The lowest BCUT2D eigenvalue weighted by Crippen LogP contribution is -2.16. The number of nitrogens with zero attached hydrogens (tertiary/aromatic N) is 2. The fourth-order valence-corrected chi connectivity index (χ4v) is 3.26. The lowest BCUT2D eigenvalue weighted by atomic mass is 10.2. The van der Waals surface area contributed by atoms with Crippen molar-refractivity contribution >= 4 is 15.7 Å². The highest BCUT2D eigenvalue weighted by atomic mass is 32.2. The second-order valence-corrected chi connectivity index (χ2v) is 6.89. The van der Waals surface area contributed by atoms with Crippen molar-refractivity contribution in [2.24, 2.45) is 0 Å². The monoisotopic (exact) mass is 323 g/mol. The van der Waals surface area contributed by atoms with Gasteiger partial charge >= 0.3 is 0 Å². The third-order valence-electron chi connectivity index (χ3n) is 3.15. The predicted molar refractivity (Wildman–Crippen MR) is 86.6 cm³/mol. The van der Waals surface area contributed by atoms with Gasteiger partial charge in [0, 0.05) is 6.20 Å². The van der Waals surface area contributed by atoms with E-state index in [0.29, 0.717) is 18.7 Å². The van der Waals surface area contributed by atoms with Crippen molar-refractivity contribution < 1.29 is 13.2 Å². The third-order valence-corrected chi connectivity index (χ3v) is 4.52. The Labute approximate surface area is 131 Å². The van der Waals surface area contributed by atoms with E-state index >= 15 is 0 Å². The number of rotatable bonds is 8. The molecule has 0 amide bonds. The van der Waals surface area contributed by atoms with Gasteiger partial charge in [0.25, 0.3) is 0 Å². The highest BCUT2D eigenvalue weighted by Crippen LogP contribution is 2.15. The molecule has 7 heteroatoms. The van der Waals surface area contributed by atoms with Crippen molar-refractivity contribution in [1.29, 1.82) is 0 Å². The van der Waals surface area contributed by atoms with Crippen LogP contribution < -0.4 is 9.46 Å². The maximum atomic E-state index is 11.8. The zero-order chi connectivity index (χ0) is 16.0. The van der Waals surface area contributed by atoms with Gasteiger partial charge in [0.1, 0.15) is 5.75 Å². The van der Waals surface area contributed by atoms with E-state index in [4.69, 9.17) is 4.74 Å². The minimum absolute atomic E-state index is 0.130. The van der Waals surface area contributed by atoms with Crippen LogP contribution in [0.5, 0.6) is 5.75 Å². The van der Waals surface area contributed by atoms with Crippen LogP contribution in [0, 0.1) is 0 Å². The van der Waals surface area contributed by atoms with Gasteiger partial charge in [-0.3, -0.25) is 9.40 Å². The number of sulfonamides is 1. The Morgan fingerprint density at radius 3 is 2.91 bits per heavy atom. The molecule has 0 unspecified atom stereocenters. The Bertz CT molecular complexity index is 710. The summed E-state index contributed by atoms with van der Waals surface area (Å²) in [6.07, 6.45) is 4.69. The molecular formula is C15H21N3O3S. The predicted octanol–water partition coefficient (Wildman–Crippen LogP) is 2.48. The number of hydrogen-bond acceptors (Lipinski definition) is 4. The molecule has 0 fully saturated rings. The van der Waals surface area contributed by atoms with Gasteiger partial charge in [0.05, 0.1) is 31.3 Å². The molecule has 1 heterocycles. The quantitative estimate of drug-likeness (QED) is 0.810. The summed E-state index contributed by atoms with van der Waals surface area (Å²) in [6, 6.07) is 7.67. The van der Waals surface area contributed by atoms with Crippen LogP contribution >= 0.6 is 0 Å². The standard InChI is InChI=1S/C15H21N3O3S/c1-3-4-8-22(19,20)17-14-10-16-18(12-14)11-13-6-5-7-15(9-13)21-2/h5-7,9-10,12,17H,3-4,8,11H2,1-2H3. The minimum atomic E-state index is -3.29. The van der Waals surface area contributed by atoms with Crippen LogP contribution in [0.25, 0.3) is 0 Å². The molecule has 1 aromatic carbocycles. The Morgan fingerprint density at radius 2 is 2.18 bits per heavy atom. The molecule has 0 saturated carbocycles. The molecule has 0 aliphatic rings. The van der Waals surface area contributed by atoms with E-state index < -0.39 is 10.0 Å². The molecule has 2 rings (SSSR count). The van der Waals surface area contributed by atoms with Gasteiger partial charge in [-0.25, -0.2) is 8.42 Å². The molecular weight excluding hydrogens is 302 g/mol. The van der Waals surface area contributed by atoms with Gasteiger partial charge in [-0.2, -0.15) is 5.10 Å². The summed E-state index contributed by atoms with van der Waals surface area (Å²) in [5.41, 5.74) is 1.52. The van der Waals surface area contributed by atoms with E-state index in [1.807, 2.05) is 31.2 Å². The number of unbranched alkanes of at least 4 members (excludes halogenated alkanes) is 1. The van der Waals surface area contributed by atoms with Gasteiger partial charge in [-0.15, -0.1) is 0 Å². The lowest BCUT2D eigenvalue weighted by molar-refractivity contribution is 0.414. The third kappa shape index (κ3) is 4.77. The zero-order valence-electron chi connectivity index (χ0n) is 12.8. The van der Waals surface area contributed by atoms with E-state index in [9.17, 15) is 8.42 Å². The minimum Gasteiger partial charge on any atom is -0.497 e. The second kappa shape index (κ2) is 7.31. The van der Waals surface area contributed by atoms with Crippen LogP contribution in [0.4, 0.5) is 5.69 Å². The highest BCUT2D eigenvalue weighted by molar-refractivity contribution is 7.92. The average Bonchev–Trinajstić information content (AvgIpc) is 2.91. The van der Waals surface area contributed by atoms with Gasteiger partial charge in [0.2, 0.25) is 10.0 Å². The maximum absolute atomic E-state index is 11.8. The molecule has 0 atom stereocenters. The molecule has 1 aromatic heterocycles. The van der Waals surface area contributed by atoms with Gasteiger partial charge in [-0.05, 0) is 24.1 Å². The largest absolute Gasteiger partial charge is 0.497 e. The maximum Gasteiger partial charge on any atom is 0.232 e.